The Morgan fingerprint density at radius 2 is 1.33 bits per heavy atom. The van der Waals surface area contributed by atoms with Crippen LogP contribution in [0.3, 0.4) is 0 Å². The lowest BCUT2D eigenvalue weighted by molar-refractivity contribution is 0.116. The van der Waals surface area contributed by atoms with Gasteiger partial charge in [0.25, 0.3) is 0 Å². The molecule has 1 atom stereocenters. The second kappa shape index (κ2) is 14.2. The Morgan fingerprint density at radius 3 is 1.77 bits per heavy atom. The standard InChI is InChI=1S/C10H21O4P.C10H20O4S/c2*1-9(2)14-15(11,12)13-8-7-10-5-3-4-6-10/h9-10H,3-8H2,1-2H3,(H,11,12);9-10H,3-8H2,1-2H3. The first-order valence-corrected chi connectivity index (χ1v) is 14.1. The van der Waals surface area contributed by atoms with Gasteiger partial charge in [0.05, 0.1) is 25.4 Å². The highest BCUT2D eigenvalue weighted by Crippen LogP contribution is 2.45. The van der Waals surface area contributed by atoms with Gasteiger partial charge in [-0.25, -0.2) is 12.9 Å². The number of phosphoric ester groups is 1. The summed E-state index contributed by atoms with van der Waals surface area (Å²) in [6, 6.07) is 0. The van der Waals surface area contributed by atoms with Crippen LogP contribution in [-0.2, 0) is 32.4 Å². The van der Waals surface area contributed by atoms with E-state index >= 15 is 0 Å². The molecular weight excluding hydrogens is 431 g/mol. The lowest BCUT2D eigenvalue weighted by atomic mass is 10.1. The Hall–Kier alpha value is -0.0200. The van der Waals surface area contributed by atoms with E-state index in [0.717, 1.165) is 12.8 Å². The molecule has 2 saturated carbocycles. The average molecular weight is 473 g/mol. The Bertz CT molecular complexity index is 596. The van der Waals surface area contributed by atoms with Crippen LogP contribution in [0.4, 0.5) is 0 Å². The molecule has 10 heteroatoms. The van der Waals surface area contributed by atoms with Crippen molar-refractivity contribution in [3.63, 3.8) is 0 Å². The molecule has 30 heavy (non-hydrogen) atoms. The van der Waals surface area contributed by atoms with Crippen molar-refractivity contribution in [2.24, 2.45) is 11.8 Å². The molecule has 0 aromatic rings. The normalized spacial score (nSPS) is 20.5. The molecule has 0 aliphatic heterocycles. The summed E-state index contributed by atoms with van der Waals surface area (Å²) in [7, 11) is -7.58. The zero-order valence-electron chi connectivity index (χ0n) is 19.0. The van der Waals surface area contributed by atoms with Gasteiger partial charge in [-0.3, -0.25) is 9.05 Å². The van der Waals surface area contributed by atoms with Crippen LogP contribution in [0.1, 0.15) is 91.9 Å². The summed E-state index contributed by atoms with van der Waals surface area (Å²) in [6.45, 7) is 7.33. The van der Waals surface area contributed by atoms with Gasteiger partial charge >= 0.3 is 18.2 Å². The summed E-state index contributed by atoms with van der Waals surface area (Å²) in [4.78, 5) is 9.27. The lowest BCUT2D eigenvalue weighted by Crippen LogP contribution is -2.16. The fourth-order valence-corrected chi connectivity index (χ4v) is 5.57. The molecule has 0 aromatic carbocycles. The van der Waals surface area contributed by atoms with Crippen molar-refractivity contribution in [3.8, 4) is 0 Å². The Balaban J connectivity index is 0.000000300. The molecule has 1 unspecified atom stereocenters. The van der Waals surface area contributed by atoms with E-state index in [9.17, 15) is 17.9 Å². The molecule has 0 radical (unpaired) electrons. The van der Waals surface area contributed by atoms with E-state index in [1.165, 1.54) is 51.4 Å². The quantitative estimate of drug-likeness (QED) is 0.378. The predicted molar refractivity (Wildman–Crippen MR) is 116 cm³/mol. The van der Waals surface area contributed by atoms with Crippen LogP contribution in [0.25, 0.3) is 0 Å². The summed E-state index contributed by atoms with van der Waals surface area (Å²) in [6.07, 6.45) is 11.0. The van der Waals surface area contributed by atoms with Gasteiger partial charge in [0.1, 0.15) is 0 Å². The highest BCUT2D eigenvalue weighted by Gasteiger charge is 2.24. The van der Waals surface area contributed by atoms with Crippen LogP contribution in [0.5, 0.6) is 0 Å². The fourth-order valence-electron chi connectivity index (χ4n) is 3.81. The molecule has 0 aromatic heterocycles. The minimum absolute atomic E-state index is 0.250. The van der Waals surface area contributed by atoms with Gasteiger partial charge in [-0.1, -0.05) is 51.4 Å². The van der Waals surface area contributed by atoms with Crippen molar-refractivity contribution in [3.05, 3.63) is 0 Å². The third kappa shape index (κ3) is 14.1. The van der Waals surface area contributed by atoms with Crippen molar-refractivity contribution in [2.45, 2.75) is 104 Å². The summed E-state index contributed by atoms with van der Waals surface area (Å²) in [5.41, 5.74) is 0. The van der Waals surface area contributed by atoms with Crippen LogP contribution < -0.4 is 0 Å². The molecule has 0 saturated heterocycles. The first kappa shape index (κ1) is 28.0. The highest BCUT2D eigenvalue weighted by atomic mass is 32.3. The molecule has 180 valence electrons. The Morgan fingerprint density at radius 1 is 0.867 bits per heavy atom. The lowest BCUT2D eigenvalue weighted by Gasteiger charge is -2.15. The number of phosphoric acid groups is 1. The van der Waals surface area contributed by atoms with E-state index < -0.39 is 18.2 Å². The van der Waals surface area contributed by atoms with Gasteiger partial charge in [-0.15, -0.1) is 0 Å². The maximum Gasteiger partial charge on any atom is 0.472 e. The first-order chi connectivity index (χ1) is 14.0. The van der Waals surface area contributed by atoms with Crippen molar-refractivity contribution in [2.75, 3.05) is 13.2 Å². The van der Waals surface area contributed by atoms with Crippen LogP contribution >= 0.6 is 7.82 Å². The molecule has 2 rings (SSSR count). The van der Waals surface area contributed by atoms with E-state index in [-0.39, 0.29) is 18.8 Å². The smallest absolute Gasteiger partial charge is 0.302 e. The molecule has 0 heterocycles. The second-order valence-electron chi connectivity index (χ2n) is 8.71. The first-order valence-electron chi connectivity index (χ1n) is 11.2. The van der Waals surface area contributed by atoms with E-state index in [1.807, 2.05) is 0 Å². The fraction of sp³-hybridized carbons (Fsp3) is 1.00. The Kier molecular flexibility index (Phi) is 13.3. The SMILES string of the molecule is CC(C)OP(=O)(O)OCCC1CCCC1.CC(C)OS(=O)(=O)OCCC1CCCC1. The molecule has 1 N–H and O–H groups in total. The topological polar surface area (TPSA) is 108 Å². The van der Waals surface area contributed by atoms with Gasteiger partial charge < -0.3 is 4.89 Å². The van der Waals surface area contributed by atoms with Crippen molar-refractivity contribution in [1.82, 2.24) is 0 Å². The zero-order chi connectivity index (χ0) is 22.6. The van der Waals surface area contributed by atoms with Crippen LogP contribution in [0, 0.1) is 11.8 Å². The molecule has 8 nitrogen and oxygen atoms in total. The third-order valence-corrected chi connectivity index (χ3v) is 7.41. The summed E-state index contributed by atoms with van der Waals surface area (Å²) < 4.78 is 52.7. The minimum atomic E-state index is -3.81. The average Bonchev–Trinajstić information content (AvgIpc) is 3.26. The van der Waals surface area contributed by atoms with Gasteiger partial charge in [-0.05, 0) is 52.4 Å². The van der Waals surface area contributed by atoms with Crippen LogP contribution in [-0.4, -0.2) is 38.7 Å². The van der Waals surface area contributed by atoms with E-state index in [2.05, 4.69) is 4.18 Å². The molecule has 0 bridgehead atoms. The van der Waals surface area contributed by atoms with E-state index in [4.69, 9.17) is 13.2 Å². The maximum atomic E-state index is 11.3. The summed E-state index contributed by atoms with van der Waals surface area (Å²) in [5, 5.41) is 0. The monoisotopic (exact) mass is 472 g/mol. The second-order valence-corrected chi connectivity index (χ2v) is 11.4. The van der Waals surface area contributed by atoms with Crippen LogP contribution in [0.2, 0.25) is 0 Å². The zero-order valence-corrected chi connectivity index (χ0v) is 20.7. The van der Waals surface area contributed by atoms with Crippen molar-refractivity contribution >= 4 is 18.2 Å². The van der Waals surface area contributed by atoms with Crippen molar-refractivity contribution < 1.29 is 35.3 Å². The Labute approximate surface area is 183 Å². The molecule has 2 aliphatic rings. The van der Waals surface area contributed by atoms with E-state index in [1.54, 1.807) is 27.7 Å². The molecular formula is C20H41O8PS. The van der Waals surface area contributed by atoms with Gasteiger partial charge in [0, 0.05) is 0 Å². The molecule has 0 spiro atoms. The highest BCUT2D eigenvalue weighted by molar-refractivity contribution is 7.81. The van der Waals surface area contributed by atoms with Gasteiger partial charge in [0.2, 0.25) is 0 Å². The molecule has 0 amide bonds. The van der Waals surface area contributed by atoms with Crippen molar-refractivity contribution in [1.29, 1.82) is 0 Å². The number of rotatable bonds is 12. The predicted octanol–water partition coefficient (Wildman–Crippen LogP) is 5.36. The summed E-state index contributed by atoms with van der Waals surface area (Å²) >= 11 is 0. The number of hydrogen-bond donors (Lipinski definition) is 1. The van der Waals surface area contributed by atoms with Gasteiger partial charge in [0.15, 0.2) is 0 Å². The molecule has 2 aliphatic carbocycles. The number of hydrogen-bond acceptors (Lipinski definition) is 7. The van der Waals surface area contributed by atoms with Crippen LogP contribution in [0.15, 0.2) is 0 Å². The third-order valence-electron chi connectivity index (χ3n) is 5.14. The minimum Gasteiger partial charge on any atom is -0.302 e. The largest absolute Gasteiger partial charge is 0.472 e. The molecule has 2 fully saturated rings. The maximum absolute atomic E-state index is 11.3. The van der Waals surface area contributed by atoms with E-state index in [0.29, 0.717) is 18.4 Å². The van der Waals surface area contributed by atoms with Gasteiger partial charge in [-0.2, -0.15) is 8.42 Å². The summed E-state index contributed by atoms with van der Waals surface area (Å²) in [5.74, 6) is 1.31.